The quantitative estimate of drug-likeness (QED) is 0.747. The van der Waals surface area contributed by atoms with Gasteiger partial charge in [0.1, 0.15) is 0 Å². The molecule has 4 nitrogen and oxygen atoms in total. The van der Waals surface area contributed by atoms with Gasteiger partial charge in [-0.15, -0.1) is 0 Å². The molecule has 0 bridgehead atoms. The van der Waals surface area contributed by atoms with Gasteiger partial charge in [-0.1, -0.05) is 0 Å². The molecule has 0 spiro atoms. The lowest BCUT2D eigenvalue weighted by atomic mass is 10.4. The normalized spacial score (nSPS) is 10.4. The zero-order chi connectivity index (χ0) is 10.6. The summed E-state index contributed by atoms with van der Waals surface area (Å²) in [4.78, 5) is 24.6. The summed E-state index contributed by atoms with van der Waals surface area (Å²) < 4.78 is 1.55. The molecule has 14 heavy (non-hydrogen) atoms. The molecule has 0 unspecified atom stereocenters. The average molecular weight is 214 g/mol. The number of nitrogens with zero attached hydrogens (tertiary/aromatic N) is 1. The predicted molar refractivity (Wildman–Crippen MR) is 59.1 cm³/mol. The Morgan fingerprint density at radius 3 is 2.86 bits per heavy atom. The van der Waals surface area contributed by atoms with E-state index in [2.05, 4.69) is 4.98 Å². The molecule has 0 aliphatic heterocycles. The standard InChI is InChI=1S/C9H14N2O2S/c1-7-6-11(4-3-5-14-2)9(13)10-8(7)12/h6H,3-5H2,1-2H3,(H,10,12,13). The minimum atomic E-state index is -0.318. The number of thioether (sulfide) groups is 1. The molecule has 1 rings (SSSR count). The number of aryl methyl sites for hydroxylation is 2. The molecular formula is C9H14N2O2S. The molecule has 0 aliphatic carbocycles. The maximum Gasteiger partial charge on any atom is 0.328 e. The van der Waals surface area contributed by atoms with E-state index >= 15 is 0 Å². The Morgan fingerprint density at radius 1 is 1.50 bits per heavy atom. The molecule has 1 heterocycles. The summed E-state index contributed by atoms with van der Waals surface area (Å²) in [7, 11) is 0. The first-order valence-corrected chi connectivity index (χ1v) is 5.84. The molecule has 1 aromatic heterocycles. The monoisotopic (exact) mass is 214 g/mol. The lowest BCUT2D eigenvalue weighted by molar-refractivity contribution is 0.632. The minimum Gasteiger partial charge on any atom is -0.300 e. The van der Waals surface area contributed by atoms with E-state index in [-0.39, 0.29) is 11.2 Å². The number of hydrogen-bond donors (Lipinski definition) is 1. The Morgan fingerprint density at radius 2 is 2.21 bits per heavy atom. The lowest BCUT2D eigenvalue weighted by Gasteiger charge is -2.04. The van der Waals surface area contributed by atoms with E-state index in [0.29, 0.717) is 12.1 Å². The lowest BCUT2D eigenvalue weighted by Crippen LogP contribution is -2.30. The molecule has 0 atom stereocenters. The van der Waals surface area contributed by atoms with Crippen LogP contribution in [0, 0.1) is 6.92 Å². The molecule has 78 valence electrons. The van der Waals surface area contributed by atoms with Gasteiger partial charge in [0.05, 0.1) is 0 Å². The molecule has 0 aliphatic rings. The van der Waals surface area contributed by atoms with E-state index in [4.69, 9.17) is 0 Å². The van der Waals surface area contributed by atoms with Crippen LogP contribution in [0.1, 0.15) is 12.0 Å². The highest BCUT2D eigenvalue weighted by atomic mass is 32.2. The van der Waals surface area contributed by atoms with Gasteiger partial charge in [-0.05, 0) is 25.4 Å². The number of H-pyrrole nitrogens is 1. The average Bonchev–Trinajstić information content (AvgIpc) is 2.14. The number of aromatic amines is 1. The number of hydrogen-bond acceptors (Lipinski definition) is 3. The van der Waals surface area contributed by atoms with Crippen molar-refractivity contribution in [1.29, 1.82) is 0 Å². The molecule has 0 aromatic carbocycles. The largest absolute Gasteiger partial charge is 0.328 e. The van der Waals surface area contributed by atoms with Gasteiger partial charge < -0.3 is 4.57 Å². The molecular weight excluding hydrogens is 200 g/mol. The SMILES string of the molecule is CSCCCn1cc(C)c(=O)[nH]c1=O. The van der Waals surface area contributed by atoms with Gasteiger partial charge in [-0.3, -0.25) is 9.78 Å². The highest BCUT2D eigenvalue weighted by molar-refractivity contribution is 7.98. The summed E-state index contributed by atoms with van der Waals surface area (Å²) in [5.74, 6) is 1.02. The predicted octanol–water partition coefficient (Wildman–Crippen LogP) is 0.598. The van der Waals surface area contributed by atoms with Crippen LogP contribution in [0.2, 0.25) is 0 Å². The second kappa shape index (κ2) is 5.05. The number of rotatable bonds is 4. The van der Waals surface area contributed by atoms with Crippen LogP contribution in [-0.2, 0) is 6.54 Å². The molecule has 0 fully saturated rings. The Labute approximate surface area is 86.4 Å². The van der Waals surface area contributed by atoms with E-state index in [9.17, 15) is 9.59 Å². The Hall–Kier alpha value is -0.970. The second-order valence-corrected chi connectivity index (χ2v) is 4.10. The smallest absolute Gasteiger partial charge is 0.300 e. The summed E-state index contributed by atoms with van der Waals surface area (Å²) in [5, 5.41) is 0. The van der Waals surface area contributed by atoms with E-state index in [1.807, 2.05) is 6.26 Å². The van der Waals surface area contributed by atoms with Crippen molar-refractivity contribution in [3.8, 4) is 0 Å². The molecule has 0 amide bonds. The van der Waals surface area contributed by atoms with Gasteiger partial charge in [-0.2, -0.15) is 11.8 Å². The van der Waals surface area contributed by atoms with Crippen molar-refractivity contribution < 1.29 is 0 Å². The van der Waals surface area contributed by atoms with Crippen molar-refractivity contribution in [2.45, 2.75) is 19.9 Å². The highest BCUT2D eigenvalue weighted by Gasteiger charge is 1.99. The third-order valence-corrected chi connectivity index (χ3v) is 2.63. The Bertz CT molecular complexity index is 408. The molecule has 0 saturated carbocycles. The van der Waals surface area contributed by atoms with Gasteiger partial charge in [0.25, 0.3) is 5.56 Å². The van der Waals surface area contributed by atoms with Crippen molar-refractivity contribution in [3.63, 3.8) is 0 Å². The summed E-state index contributed by atoms with van der Waals surface area (Å²) in [5.41, 5.74) is -0.0356. The molecule has 5 heteroatoms. The fraction of sp³-hybridized carbons (Fsp3) is 0.556. The molecule has 0 saturated heterocycles. The first-order valence-electron chi connectivity index (χ1n) is 4.44. The first kappa shape index (κ1) is 11.1. The van der Waals surface area contributed by atoms with E-state index in [1.54, 1.807) is 29.4 Å². The molecule has 0 radical (unpaired) electrons. The van der Waals surface area contributed by atoms with Crippen molar-refractivity contribution in [2.24, 2.45) is 0 Å². The molecule has 1 aromatic rings. The maximum atomic E-state index is 11.3. The van der Waals surface area contributed by atoms with Crippen LogP contribution >= 0.6 is 11.8 Å². The number of aromatic nitrogens is 2. The second-order valence-electron chi connectivity index (χ2n) is 3.11. The van der Waals surface area contributed by atoms with Crippen LogP contribution in [0.15, 0.2) is 15.8 Å². The van der Waals surface area contributed by atoms with Gasteiger partial charge in [-0.25, -0.2) is 4.79 Å². The Balaban J connectivity index is 2.82. The minimum absolute atomic E-state index is 0.295. The summed E-state index contributed by atoms with van der Waals surface area (Å²) in [6.07, 6.45) is 4.58. The van der Waals surface area contributed by atoms with Crippen molar-refractivity contribution in [1.82, 2.24) is 9.55 Å². The van der Waals surface area contributed by atoms with Crippen LogP contribution in [0.5, 0.6) is 0 Å². The van der Waals surface area contributed by atoms with Crippen molar-refractivity contribution in [3.05, 3.63) is 32.6 Å². The summed E-state index contributed by atoms with van der Waals surface area (Å²) >= 11 is 1.75. The third kappa shape index (κ3) is 2.77. The first-order chi connectivity index (χ1) is 6.65. The Kier molecular flexibility index (Phi) is 4.00. The van der Waals surface area contributed by atoms with Crippen LogP contribution in [0.25, 0.3) is 0 Å². The van der Waals surface area contributed by atoms with E-state index < -0.39 is 0 Å². The van der Waals surface area contributed by atoms with Crippen LogP contribution < -0.4 is 11.2 Å². The molecule has 1 N–H and O–H groups in total. The zero-order valence-electron chi connectivity index (χ0n) is 8.37. The van der Waals surface area contributed by atoms with Crippen LogP contribution in [-0.4, -0.2) is 21.6 Å². The van der Waals surface area contributed by atoms with Gasteiger partial charge in [0, 0.05) is 18.3 Å². The van der Waals surface area contributed by atoms with Gasteiger partial charge in [0.2, 0.25) is 0 Å². The van der Waals surface area contributed by atoms with Crippen LogP contribution in [0.3, 0.4) is 0 Å². The summed E-state index contributed by atoms with van der Waals surface area (Å²) in [6, 6.07) is 0. The van der Waals surface area contributed by atoms with Gasteiger partial charge >= 0.3 is 5.69 Å². The number of nitrogens with one attached hydrogen (secondary N) is 1. The van der Waals surface area contributed by atoms with Crippen LogP contribution in [0.4, 0.5) is 0 Å². The van der Waals surface area contributed by atoms with Crippen molar-refractivity contribution >= 4 is 11.8 Å². The summed E-state index contributed by atoms with van der Waals surface area (Å²) in [6.45, 7) is 2.36. The van der Waals surface area contributed by atoms with Crippen molar-refractivity contribution in [2.75, 3.05) is 12.0 Å². The topological polar surface area (TPSA) is 54.9 Å². The van der Waals surface area contributed by atoms with E-state index in [0.717, 1.165) is 12.2 Å². The third-order valence-electron chi connectivity index (χ3n) is 1.94. The zero-order valence-corrected chi connectivity index (χ0v) is 9.19. The highest BCUT2D eigenvalue weighted by Crippen LogP contribution is 1.96. The fourth-order valence-electron chi connectivity index (χ4n) is 1.16. The fourth-order valence-corrected chi connectivity index (χ4v) is 1.58. The maximum absolute atomic E-state index is 11.3. The van der Waals surface area contributed by atoms with E-state index in [1.165, 1.54) is 0 Å². The van der Waals surface area contributed by atoms with Gasteiger partial charge in [0.15, 0.2) is 0 Å².